The number of nitrogens with zero attached hydrogens (tertiary/aromatic N) is 2. The smallest absolute Gasteiger partial charge is 0.323 e. The summed E-state index contributed by atoms with van der Waals surface area (Å²) in [5.74, 6) is -0.890. The molecule has 0 aromatic carbocycles. The predicted octanol–water partition coefficient (Wildman–Crippen LogP) is -0.807. The standard InChI is InChI=1S/C11H16N4O5S/c16-10(17)6-15(8-1-4-21(19,20)7-8)11(18)14-5-9-12-2-3-13-9/h2-3,8H,1,4-7H2,(H,12,13)(H,14,18)(H,16,17). The van der Waals surface area contributed by atoms with Crippen LogP contribution < -0.4 is 5.32 Å². The minimum Gasteiger partial charge on any atom is -0.480 e. The summed E-state index contributed by atoms with van der Waals surface area (Å²) in [6.45, 7) is -0.425. The molecule has 2 heterocycles. The van der Waals surface area contributed by atoms with Gasteiger partial charge in [-0.15, -0.1) is 0 Å². The highest BCUT2D eigenvalue weighted by Gasteiger charge is 2.35. The van der Waals surface area contributed by atoms with E-state index in [-0.39, 0.29) is 24.5 Å². The Balaban J connectivity index is 2.01. The predicted molar refractivity (Wildman–Crippen MR) is 72.2 cm³/mol. The number of urea groups is 1. The molecule has 2 rings (SSSR count). The van der Waals surface area contributed by atoms with Crippen molar-refractivity contribution in [2.24, 2.45) is 0 Å². The second kappa shape index (κ2) is 6.12. The van der Waals surface area contributed by atoms with Crippen LogP contribution in [-0.2, 0) is 21.2 Å². The molecule has 10 heteroatoms. The molecule has 1 aromatic heterocycles. The number of carboxylic acids is 1. The minimum absolute atomic E-state index is 0.0285. The number of imidazole rings is 1. The largest absolute Gasteiger partial charge is 0.480 e. The molecular formula is C11H16N4O5S. The molecule has 1 atom stereocenters. The lowest BCUT2D eigenvalue weighted by atomic mass is 10.2. The zero-order chi connectivity index (χ0) is 15.5. The fourth-order valence-electron chi connectivity index (χ4n) is 2.19. The normalized spacial score (nSPS) is 20.1. The fourth-order valence-corrected chi connectivity index (χ4v) is 3.92. The lowest BCUT2D eigenvalue weighted by molar-refractivity contribution is -0.138. The second-order valence-electron chi connectivity index (χ2n) is 4.77. The van der Waals surface area contributed by atoms with E-state index in [2.05, 4.69) is 15.3 Å². The number of H-pyrrole nitrogens is 1. The average Bonchev–Trinajstić information content (AvgIpc) is 3.02. The Labute approximate surface area is 121 Å². The summed E-state index contributed by atoms with van der Waals surface area (Å²) in [5.41, 5.74) is 0. The molecular weight excluding hydrogens is 300 g/mol. The molecule has 1 fully saturated rings. The summed E-state index contributed by atoms with van der Waals surface area (Å²) in [6, 6.07) is -1.22. The zero-order valence-electron chi connectivity index (χ0n) is 11.2. The summed E-state index contributed by atoms with van der Waals surface area (Å²) in [5, 5.41) is 11.4. The van der Waals surface area contributed by atoms with Crippen LogP contribution in [0.15, 0.2) is 12.4 Å². The number of rotatable bonds is 5. The van der Waals surface area contributed by atoms with Crippen molar-refractivity contribution in [2.45, 2.75) is 19.0 Å². The lowest BCUT2D eigenvalue weighted by Crippen LogP contribution is -2.48. The van der Waals surface area contributed by atoms with Crippen molar-refractivity contribution in [3.63, 3.8) is 0 Å². The molecule has 2 amide bonds. The van der Waals surface area contributed by atoms with E-state index >= 15 is 0 Å². The first-order chi connectivity index (χ1) is 9.87. The van der Waals surface area contributed by atoms with E-state index in [1.165, 1.54) is 6.20 Å². The number of carboxylic acid groups (broad SMARTS) is 1. The second-order valence-corrected chi connectivity index (χ2v) is 7.00. The maximum Gasteiger partial charge on any atom is 0.323 e. The van der Waals surface area contributed by atoms with Crippen molar-refractivity contribution in [3.05, 3.63) is 18.2 Å². The Bertz CT molecular complexity index is 613. The molecule has 116 valence electrons. The van der Waals surface area contributed by atoms with Crippen LogP contribution in [0.5, 0.6) is 0 Å². The number of aromatic amines is 1. The third-order valence-corrected chi connectivity index (χ3v) is 4.93. The molecule has 1 aliphatic heterocycles. The van der Waals surface area contributed by atoms with Crippen molar-refractivity contribution in [1.82, 2.24) is 20.2 Å². The maximum atomic E-state index is 12.1. The Morgan fingerprint density at radius 1 is 1.52 bits per heavy atom. The van der Waals surface area contributed by atoms with Crippen LogP contribution >= 0.6 is 0 Å². The van der Waals surface area contributed by atoms with Crippen molar-refractivity contribution < 1.29 is 23.1 Å². The van der Waals surface area contributed by atoms with E-state index < -0.39 is 34.4 Å². The summed E-state index contributed by atoms with van der Waals surface area (Å²) in [4.78, 5) is 30.7. The topological polar surface area (TPSA) is 132 Å². The maximum absolute atomic E-state index is 12.1. The molecule has 1 saturated heterocycles. The monoisotopic (exact) mass is 316 g/mol. The van der Waals surface area contributed by atoms with E-state index in [0.717, 1.165) is 4.90 Å². The number of aliphatic carboxylic acids is 1. The Hall–Kier alpha value is -2.10. The van der Waals surface area contributed by atoms with Crippen LogP contribution in [0.4, 0.5) is 4.79 Å². The van der Waals surface area contributed by atoms with Crippen molar-refractivity contribution in [1.29, 1.82) is 0 Å². The van der Waals surface area contributed by atoms with Gasteiger partial charge in [0.05, 0.1) is 18.1 Å². The third-order valence-electron chi connectivity index (χ3n) is 3.18. The number of nitrogens with one attached hydrogen (secondary N) is 2. The third kappa shape index (κ3) is 4.18. The molecule has 1 unspecified atom stereocenters. The van der Waals surface area contributed by atoms with Gasteiger partial charge in [0, 0.05) is 18.4 Å². The van der Waals surface area contributed by atoms with Gasteiger partial charge in [-0.05, 0) is 6.42 Å². The van der Waals surface area contributed by atoms with E-state index in [1.807, 2.05) is 0 Å². The molecule has 0 spiro atoms. The Morgan fingerprint density at radius 3 is 2.81 bits per heavy atom. The van der Waals surface area contributed by atoms with Gasteiger partial charge < -0.3 is 20.3 Å². The highest BCUT2D eigenvalue weighted by atomic mass is 32.2. The van der Waals surface area contributed by atoms with Crippen LogP contribution in [0, 0.1) is 0 Å². The van der Waals surface area contributed by atoms with Gasteiger partial charge in [-0.2, -0.15) is 0 Å². The SMILES string of the molecule is O=C(O)CN(C(=O)NCc1ncc[nH]1)C1CCS(=O)(=O)C1. The fraction of sp³-hybridized carbons (Fsp3) is 0.545. The van der Waals surface area contributed by atoms with Crippen LogP contribution in [0.3, 0.4) is 0 Å². The average molecular weight is 316 g/mol. The zero-order valence-corrected chi connectivity index (χ0v) is 12.0. The van der Waals surface area contributed by atoms with Gasteiger partial charge in [0.1, 0.15) is 12.4 Å². The number of hydrogen-bond acceptors (Lipinski definition) is 5. The minimum atomic E-state index is -3.20. The van der Waals surface area contributed by atoms with Gasteiger partial charge in [-0.1, -0.05) is 0 Å². The molecule has 9 nitrogen and oxygen atoms in total. The summed E-state index contributed by atoms with van der Waals surface area (Å²) >= 11 is 0. The van der Waals surface area contributed by atoms with E-state index in [4.69, 9.17) is 5.11 Å². The van der Waals surface area contributed by atoms with Crippen molar-refractivity contribution >= 4 is 21.8 Å². The molecule has 0 bridgehead atoms. The molecule has 1 aromatic rings. The van der Waals surface area contributed by atoms with Crippen LogP contribution in [-0.4, -0.2) is 64.5 Å². The number of aromatic nitrogens is 2. The number of hydrogen-bond donors (Lipinski definition) is 3. The van der Waals surface area contributed by atoms with Gasteiger partial charge in [0.2, 0.25) is 0 Å². The molecule has 3 N–H and O–H groups in total. The quantitative estimate of drug-likeness (QED) is 0.651. The van der Waals surface area contributed by atoms with Crippen molar-refractivity contribution in [3.8, 4) is 0 Å². The van der Waals surface area contributed by atoms with Gasteiger partial charge in [0.15, 0.2) is 9.84 Å². The summed E-state index contributed by atoms with van der Waals surface area (Å²) in [7, 11) is -3.20. The van der Waals surface area contributed by atoms with E-state index in [1.54, 1.807) is 6.20 Å². The Morgan fingerprint density at radius 2 is 2.29 bits per heavy atom. The lowest BCUT2D eigenvalue weighted by Gasteiger charge is -2.26. The van der Waals surface area contributed by atoms with Crippen molar-refractivity contribution in [2.75, 3.05) is 18.1 Å². The molecule has 1 aliphatic rings. The molecule has 21 heavy (non-hydrogen) atoms. The first-order valence-corrected chi connectivity index (χ1v) is 8.14. The summed E-state index contributed by atoms with van der Waals surface area (Å²) < 4.78 is 23.0. The number of sulfone groups is 1. The van der Waals surface area contributed by atoms with Gasteiger partial charge in [0.25, 0.3) is 0 Å². The van der Waals surface area contributed by atoms with Crippen LogP contribution in [0.2, 0.25) is 0 Å². The van der Waals surface area contributed by atoms with Gasteiger partial charge in [-0.25, -0.2) is 18.2 Å². The van der Waals surface area contributed by atoms with Crippen LogP contribution in [0.25, 0.3) is 0 Å². The highest BCUT2D eigenvalue weighted by Crippen LogP contribution is 2.17. The number of carbonyl (C=O) groups excluding carboxylic acids is 1. The number of carbonyl (C=O) groups is 2. The van der Waals surface area contributed by atoms with E-state index in [9.17, 15) is 18.0 Å². The summed E-state index contributed by atoms with van der Waals surface area (Å²) in [6.07, 6.45) is 3.38. The molecule has 0 saturated carbocycles. The molecule has 0 radical (unpaired) electrons. The first-order valence-electron chi connectivity index (χ1n) is 6.32. The Kier molecular flexibility index (Phi) is 4.46. The van der Waals surface area contributed by atoms with Gasteiger partial charge >= 0.3 is 12.0 Å². The number of amides is 2. The van der Waals surface area contributed by atoms with Gasteiger partial charge in [-0.3, -0.25) is 4.79 Å². The molecule has 0 aliphatic carbocycles. The highest BCUT2D eigenvalue weighted by molar-refractivity contribution is 7.91. The first kappa shape index (κ1) is 15.3. The van der Waals surface area contributed by atoms with Crippen LogP contribution in [0.1, 0.15) is 12.2 Å². The van der Waals surface area contributed by atoms with E-state index in [0.29, 0.717) is 5.82 Å².